The Bertz CT molecular complexity index is 456. The van der Waals surface area contributed by atoms with Crippen LogP contribution in [-0.2, 0) is 22.4 Å². The van der Waals surface area contributed by atoms with Crippen molar-refractivity contribution < 1.29 is 9.53 Å². The first-order chi connectivity index (χ1) is 10.3. The standard InChI is InChI=1S/C17H24N2O2/c20-17(13-21-16-5-9-18-10-6-16)19-11-7-14-3-1-2-4-15(14)8-12-19/h1-4,16,18H,5-13H2. The van der Waals surface area contributed by atoms with Gasteiger partial charge in [0.05, 0.1) is 6.10 Å². The summed E-state index contributed by atoms with van der Waals surface area (Å²) in [7, 11) is 0. The Hall–Kier alpha value is -1.39. The molecule has 0 aromatic heterocycles. The number of amides is 1. The summed E-state index contributed by atoms with van der Waals surface area (Å²) < 4.78 is 5.78. The molecule has 2 heterocycles. The Balaban J connectivity index is 1.49. The van der Waals surface area contributed by atoms with Crippen molar-refractivity contribution in [1.29, 1.82) is 0 Å². The monoisotopic (exact) mass is 288 g/mol. The van der Waals surface area contributed by atoms with Gasteiger partial charge < -0.3 is 15.0 Å². The summed E-state index contributed by atoms with van der Waals surface area (Å²) in [6.07, 6.45) is 4.18. The summed E-state index contributed by atoms with van der Waals surface area (Å²) >= 11 is 0. The molecular weight excluding hydrogens is 264 g/mol. The molecule has 0 bridgehead atoms. The SMILES string of the molecule is O=C(COC1CCNCC1)N1CCc2ccccc2CC1. The fraction of sp³-hybridized carbons (Fsp3) is 0.588. The summed E-state index contributed by atoms with van der Waals surface area (Å²) in [5, 5.41) is 3.31. The molecular formula is C17H24N2O2. The Morgan fingerprint density at radius 3 is 2.38 bits per heavy atom. The summed E-state index contributed by atoms with van der Waals surface area (Å²) in [4.78, 5) is 14.3. The van der Waals surface area contributed by atoms with Gasteiger partial charge in [-0.25, -0.2) is 0 Å². The summed E-state index contributed by atoms with van der Waals surface area (Å²) in [6, 6.07) is 8.51. The fourth-order valence-electron chi connectivity index (χ4n) is 3.16. The van der Waals surface area contributed by atoms with Crippen molar-refractivity contribution in [3.05, 3.63) is 35.4 Å². The summed E-state index contributed by atoms with van der Waals surface area (Å²) in [5.74, 6) is 0.140. The van der Waals surface area contributed by atoms with Crippen LogP contribution >= 0.6 is 0 Å². The van der Waals surface area contributed by atoms with Crippen LogP contribution in [0.15, 0.2) is 24.3 Å². The zero-order valence-electron chi connectivity index (χ0n) is 12.5. The van der Waals surface area contributed by atoms with Crippen molar-refractivity contribution in [2.75, 3.05) is 32.8 Å². The van der Waals surface area contributed by atoms with Crippen LogP contribution in [0.25, 0.3) is 0 Å². The van der Waals surface area contributed by atoms with Gasteiger partial charge in [0.25, 0.3) is 0 Å². The molecule has 0 unspecified atom stereocenters. The lowest BCUT2D eigenvalue weighted by Crippen LogP contribution is -2.39. The van der Waals surface area contributed by atoms with Crippen molar-refractivity contribution in [2.24, 2.45) is 0 Å². The average Bonchev–Trinajstić information content (AvgIpc) is 2.76. The number of rotatable bonds is 3. The maximum absolute atomic E-state index is 12.3. The number of benzene rings is 1. The average molecular weight is 288 g/mol. The highest BCUT2D eigenvalue weighted by molar-refractivity contribution is 5.77. The molecule has 0 saturated carbocycles. The molecule has 0 aliphatic carbocycles. The van der Waals surface area contributed by atoms with E-state index in [0.29, 0.717) is 0 Å². The second kappa shape index (κ2) is 7.05. The molecule has 2 aliphatic heterocycles. The second-order valence-corrected chi connectivity index (χ2v) is 5.91. The van der Waals surface area contributed by atoms with Crippen LogP contribution in [0.2, 0.25) is 0 Å². The number of carbonyl (C=O) groups is 1. The summed E-state index contributed by atoms with van der Waals surface area (Å²) in [6.45, 7) is 3.85. The van der Waals surface area contributed by atoms with Gasteiger partial charge in [0.2, 0.25) is 5.91 Å². The third-order valence-electron chi connectivity index (χ3n) is 4.50. The number of nitrogens with one attached hydrogen (secondary N) is 1. The van der Waals surface area contributed by atoms with Crippen LogP contribution in [0.1, 0.15) is 24.0 Å². The third-order valence-corrected chi connectivity index (χ3v) is 4.50. The van der Waals surface area contributed by atoms with Crippen LogP contribution in [-0.4, -0.2) is 49.7 Å². The van der Waals surface area contributed by atoms with Crippen LogP contribution in [0.5, 0.6) is 0 Å². The number of nitrogens with zero attached hydrogens (tertiary/aromatic N) is 1. The number of piperidine rings is 1. The maximum Gasteiger partial charge on any atom is 0.248 e. The Kier molecular flexibility index (Phi) is 4.88. The van der Waals surface area contributed by atoms with E-state index in [0.717, 1.165) is 51.9 Å². The lowest BCUT2D eigenvalue weighted by atomic mass is 10.0. The number of fused-ring (bicyclic) bond motifs is 1. The molecule has 1 N–H and O–H groups in total. The number of ether oxygens (including phenoxy) is 1. The molecule has 1 aromatic carbocycles. The van der Waals surface area contributed by atoms with E-state index in [1.165, 1.54) is 11.1 Å². The molecule has 2 aliphatic rings. The van der Waals surface area contributed by atoms with Gasteiger partial charge in [-0.3, -0.25) is 4.79 Å². The molecule has 0 spiro atoms. The molecule has 1 fully saturated rings. The van der Waals surface area contributed by atoms with Crippen LogP contribution < -0.4 is 5.32 Å². The van der Waals surface area contributed by atoms with Gasteiger partial charge in [-0.2, -0.15) is 0 Å². The zero-order valence-corrected chi connectivity index (χ0v) is 12.5. The largest absolute Gasteiger partial charge is 0.368 e. The first kappa shape index (κ1) is 14.5. The predicted molar refractivity (Wildman–Crippen MR) is 82.3 cm³/mol. The minimum absolute atomic E-state index is 0.140. The normalized spacial score (nSPS) is 19.9. The van der Waals surface area contributed by atoms with Crippen LogP contribution in [0, 0.1) is 0 Å². The number of hydrogen-bond donors (Lipinski definition) is 1. The first-order valence-corrected chi connectivity index (χ1v) is 8.00. The van der Waals surface area contributed by atoms with Gasteiger partial charge in [0, 0.05) is 13.1 Å². The van der Waals surface area contributed by atoms with E-state index >= 15 is 0 Å². The van der Waals surface area contributed by atoms with Gasteiger partial charge in [0.1, 0.15) is 6.61 Å². The molecule has 1 saturated heterocycles. The van der Waals surface area contributed by atoms with Gasteiger partial charge >= 0.3 is 0 Å². The molecule has 1 aromatic rings. The molecule has 1 amide bonds. The maximum atomic E-state index is 12.3. The Morgan fingerprint density at radius 1 is 1.14 bits per heavy atom. The first-order valence-electron chi connectivity index (χ1n) is 8.00. The van der Waals surface area contributed by atoms with E-state index in [1.807, 2.05) is 4.90 Å². The quantitative estimate of drug-likeness (QED) is 0.914. The van der Waals surface area contributed by atoms with E-state index in [-0.39, 0.29) is 18.6 Å². The molecule has 0 radical (unpaired) electrons. The summed E-state index contributed by atoms with van der Waals surface area (Å²) in [5.41, 5.74) is 2.76. The zero-order chi connectivity index (χ0) is 14.5. The highest BCUT2D eigenvalue weighted by atomic mass is 16.5. The van der Waals surface area contributed by atoms with E-state index in [9.17, 15) is 4.79 Å². The Labute approximate surface area is 126 Å². The lowest BCUT2D eigenvalue weighted by Gasteiger charge is -2.25. The molecule has 3 rings (SSSR count). The van der Waals surface area contributed by atoms with E-state index in [2.05, 4.69) is 29.6 Å². The number of hydrogen-bond acceptors (Lipinski definition) is 3. The number of carbonyl (C=O) groups excluding carboxylic acids is 1. The minimum atomic E-state index is 0.140. The second-order valence-electron chi connectivity index (χ2n) is 5.91. The van der Waals surface area contributed by atoms with Crippen LogP contribution in [0.3, 0.4) is 0 Å². The van der Waals surface area contributed by atoms with Gasteiger partial charge in [-0.15, -0.1) is 0 Å². The predicted octanol–water partition coefficient (Wildman–Crippen LogP) is 1.38. The fourth-order valence-corrected chi connectivity index (χ4v) is 3.16. The molecule has 21 heavy (non-hydrogen) atoms. The van der Waals surface area contributed by atoms with Crippen molar-refractivity contribution in [3.63, 3.8) is 0 Å². The highest BCUT2D eigenvalue weighted by Gasteiger charge is 2.20. The van der Waals surface area contributed by atoms with Crippen LogP contribution in [0.4, 0.5) is 0 Å². The third kappa shape index (κ3) is 3.83. The smallest absolute Gasteiger partial charge is 0.248 e. The van der Waals surface area contributed by atoms with Gasteiger partial charge in [0.15, 0.2) is 0 Å². The van der Waals surface area contributed by atoms with E-state index in [1.54, 1.807) is 0 Å². The molecule has 0 atom stereocenters. The van der Waals surface area contributed by atoms with Crippen molar-refractivity contribution >= 4 is 5.91 Å². The lowest BCUT2D eigenvalue weighted by molar-refractivity contribution is -0.138. The minimum Gasteiger partial charge on any atom is -0.368 e. The van der Waals surface area contributed by atoms with Gasteiger partial charge in [-0.05, 0) is 49.9 Å². The molecule has 4 nitrogen and oxygen atoms in total. The van der Waals surface area contributed by atoms with E-state index in [4.69, 9.17) is 4.74 Å². The molecule has 114 valence electrons. The van der Waals surface area contributed by atoms with E-state index < -0.39 is 0 Å². The highest BCUT2D eigenvalue weighted by Crippen LogP contribution is 2.16. The van der Waals surface area contributed by atoms with Crippen molar-refractivity contribution in [1.82, 2.24) is 10.2 Å². The molecule has 4 heteroatoms. The van der Waals surface area contributed by atoms with Crippen molar-refractivity contribution in [2.45, 2.75) is 31.8 Å². The topological polar surface area (TPSA) is 41.6 Å². The van der Waals surface area contributed by atoms with Crippen molar-refractivity contribution in [3.8, 4) is 0 Å². The van der Waals surface area contributed by atoms with Gasteiger partial charge in [-0.1, -0.05) is 24.3 Å². The Morgan fingerprint density at radius 2 is 1.76 bits per heavy atom.